The van der Waals surface area contributed by atoms with Crippen molar-refractivity contribution >= 4 is 10.0 Å². The van der Waals surface area contributed by atoms with Crippen LogP contribution in [0.3, 0.4) is 0 Å². The van der Waals surface area contributed by atoms with E-state index in [0.717, 1.165) is 19.4 Å². The fourth-order valence-corrected chi connectivity index (χ4v) is 3.12. The number of nitrogens with zero attached hydrogens (tertiary/aromatic N) is 1. The lowest BCUT2D eigenvalue weighted by molar-refractivity contribution is 0.236. The van der Waals surface area contributed by atoms with Crippen LogP contribution < -0.4 is 4.72 Å². The Hall–Kier alpha value is -0.890. The summed E-state index contributed by atoms with van der Waals surface area (Å²) in [5, 5.41) is 8.69. The van der Waals surface area contributed by atoms with E-state index in [0.29, 0.717) is 6.54 Å². The molecule has 1 atom stereocenters. The average molecular weight is 274 g/mol. The number of furan rings is 1. The van der Waals surface area contributed by atoms with Gasteiger partial charge in [0.1, 0.15) is 12.4 Å². The lowest BCUT2D eigenvalue weighted by Crippen LogP contribution is -2.38. The first-order valence-electron chi connectivity index (χ1n) is 5.92. The third-order valence-corrected chi connectivity index (χ3v) is 4.53. The number of likely N-dealkylation sites (N-methyl/N-ethyl adjacent to an activating group) is 1. The Morgan fingerprint density at radius 2 is 2.33 bits per heavy atom. The second-order valence-corrected chi connectivity index (χ2v) is 6.21. The molecule has 1 saturated heterocycles. The van der Waals surface area contributed by atoms with Crippen molar-refractivity contribution in [2.24, 2.45) is 0 Å². The molecule has 0 aromatic carbocycles. The standard InChI is InChI=1S/C11H18N2O4S/c1-13-6-2-3-9(13)7-12-18(15,16)11-5-4-10(8-14)17-11/h4-5,9,12,14H,2-3,6-8H2,1H3. The number of aliphatic hydroxyl groups is 1. The predicted octanol–water partition coefficient (Wildman–Crippen LogP) is 0.144. The molecule has 0 bridgehead atoms. The molecule has 0 radical (unpaired) electrons. The van der Waals surface area contributed by atoms with Crippen LogP contribution in [0.15, 0.2) is 21.6 Å². The molecule has 1 unspecified atom stereocenters. The zero-order chi connectivity index (χ0) is 13.2. The zero-order valence-electron chi connectivity index (χ0n) is 10.3. The molecule has 2 N–H and O–H groups in total. The van der Waals surface area contributed by atoms with Gasteiger partial charge in [0.25, 0.3) is 10.0 Å². The molecular formula is C11H18N2O4S. The molecule has 102 valence electrons. The molecule has 0 spiro atoms. The summed E-state index contributed by atoms with van der Waals surface area (Å²) in [6.45, 7) is 1.08. The molecule has 7 heteroatoms. The molecule has 0 saturated carbocycles. The normalized spacial score (nSPS) is 21.6. The number of likely N-dealkylation sites (tertiary alicyclic amines) is 1. The molecule has 1 fully saturated rings. The molecule has 18 heavy (non-hydrogen) atoms. The van der Waals surface area contributed by atoms with E-state index in [9.17, 15) is 8.42 Å². The fraction of sp³-hybridized carbons (Fsp3) is 0.636. The Kier molecular flexibility index (Phi) is 4.06. The Bertz CT molecular complexity index is 497. The van der Waals surface area contributed by atoms with Crippen LogP contribution in [0.4, 0.5) is 0 Å². The van der Waals surface area contributed by atoms with Gasteiger partial charge in [0, 0.05) is 12.6 Å². The van der Waals surface area contributed by atoms with Crippen molar-refractivity contribution < 1.29 is 17.9 Å². The summed E-state index contributed by atoms with van der Waals surface area (Å²) in [6.07, 6.45) is 2.09. The number of nitrogens with one attached hydrogen (secondary N) is 1. The van der Waals surface area contributed by atoms with Gasteiger partial charge >= 0.3 is 0 Å². The minimum Gasteiger partial charge on any atom is -0.446 e. The molecule has 0 aliphatic carbocycles. The van der Waals surface area contributed by atoms with Crippen LogP contribution in [0.25, 0.3) is 0 Å². The van der Waals surface area contributed by atoms with E-state index in [1.807, 2.05) is 7.05 Å². The molecule has 1 aliphatic heterocycles. The van der Waals surface area contributed by atoms with E-state index >= 15 is 0 Å². The minimum atomic E-state index is -3.61. The summed E-state index contributed by atoms with van der Waals surface area (Å²) in [6, 6.07) is 3.05. The third-order valence-electron chi connectivity index (χ3n) is 3.24. The van der Waals surface area contributed by atoms with E-state index in [1.54, 1.807) is 0 Å². The highest BCUT2D eigenvalue weighted by Gasteiger charge is 2.24. The number of sulfonamides is 1. The summed E-state index contributed by atoms with van der Waals surface area (Å²) in [5.74, 6) is 0.244. The van der Waals surface area contributed by atoms with Crippen molar-refractivity contribution in [3.05, 3.63) is 17.9 Å². The maximum atomic E-state index is 11.9. The topological polar surface area (TPSA) is 82.8 Å². The minimum absolute atomic E-state index is 0.146. The van der Waals surface area contributed by atoms with Crippen LogP contribution >= 0.6 is 0 Å². The Balaban J connectivity index is 1.98. The number of aliphatic hydroxyl groups excluding tert-OH is 1. The van der Waals surface area contributed by atoms with Crippen LogP contribution in [0, 0.1) is 0 Å². The lowest BCUT2D eigenvalue weighted by Gasteiger charge is -2.19. The Labute approximate surface area is 107 Å². The molecule has 2 rings (SSSR count). The molecule has 6 nitrogen and oxygen atoms in total. The maximum Gasteiger partial charge on any atom is 0.274 e. The van der Waals surface area contributed by atoms with Crippen LogP contribution in [0.5, 0.6) is 0 Å². The van der Waals surface area contributed by atoms with Gasteiger partial charge in [0.05, 0.1) is 0 Å². The van der Waals surface area contributed by atoms with E-state index in [4.69, 9.17) is 9.52 Å². The first-order chi connectivity index (χ1) is 8.53. The summed E-state index contributed by atoms with van der Waals surface area (Å²) in [4.78, 5) is 2.14. The number of rotatable bonds is 5. The average Bonchev–Trinajstić information content (AvgIpc) is 2.95. The molecule has 2 heterocycles. The van der Waals surface area contributed by atoms with Gasteiger partial charge in [-0.3, -0.25) is 0 Å². The largest absolute Gasteiger partial charge is 0.446 e. The fourth-order valence-electron chi connectivity index (χ4n) is 2.10. The summed E-state index contributed by atoms with van der Waals surface area (Å²) >= 11 is 0. The van der Waals surface area contributed by atoms with Gasteiger partial charge in [0.2, 0.25) is 5.09 Å². The summed E-state index contributed by atoms with van der Waals surface area (Å²) in [5.41, 5.74) is 0. The molecular weight excluding hydrogens is 256 g/mol. The van der Waals surface area contributed by atoms with Gasteiger partial charge in [-0.1, -0.05) is 0 Å². The van der Waals surface area contributed by atoms with Crippen molar-refractivity contribution in [1.82, 2.24) is 9.62 Å². The van der Waals surface area contributed by atoms with E-state index in [2.05, 4.69) is 9.62 Å². The van der Waals surface area contributed by atoms with E-state index < -0.39 is 10.0 Å². The quantitative estimate of drug-likeness (QED) is 0.798. The highest BCUT2D eigenvalue weighted by Crippen LogP contribution is 2.16. The number of hydrogen-bond acceptors (Lipinski definition) is 5. The van der Waals surface area contributed by atoms with Gasteiger partial charge in [-0.05, 0) is 38.6 Å². The molecule has 0 amide bonds. The molecule has 1 aliphatic rings. The van der Waals surface area contributed by atoms with Crippen molar-refractivity contribution in [2.75, 3.05) is 20.1 Å². The van der Waals surface area contributed by atoms with Crippen LogP contribution in [-0.4, -0.2) is 44.6 Å². The van der Waals surface area contributed by atoms with Crippen molar-refractivity contribution in [2.45, 2.75) is 30.6 Å². The Morgan fingerprint density at radius 1 is 1.56 bits per heavy atom. The van der Waals surface area contributed by atoms with E-state index in [1.165, 1.54) is 12.1 Å². The van der Waals surface area contributed by atoms with Gasteiger partial charge in [-0.25, -0.2) is 13.1 Å². The zero-order valence-corrected chi connectivity index (χ0v) is 11.1. The summed E-state index contributed by atoms with van der Waals surface area (Å²) in [7, 11) is -1.63. The van der Waals surface area contributed by atoms with Crippen molar-refractivity contribution in [3.63, 3.8) is 0 Å². The van der Waals surface area contributed by atoms with E-state index in [-0.39, 0.29) is 23.5 Å². The monoisotopic (exact) mass is 274 g/mol. The van der Waals surface area contributed by atoms with Crippen LogP contribution in [0.1, 0.15) is 18.6 Å². The Morgan fingerprint density at radius 3 is 2.89 bits per heavy atom. The molecule has 1 aromatic rings. The van der Waals surface area contributed by atoms with Crippen LogP contribution in [-0.2, 0) is 16.6 Å². The van der Waals surface area contributed by atoms with Crippen molar-refractivity contribution in [3.8, 4) is 0 Å². The lowest BCUT2D eigenvalue weighted by atomic mass is 10.2. The number of hydrogen-bond donors (Lipinski definition) is 2. The van der Waals surface area contributed by atoms with Gasteiger partial charge in [-0.15, -0.1) is 0 Å². The first-order valence-corrected chi connectivity index (χ1v) is 7.41. The predicted molar refractivity (Wildman–Crippen MR) is 65.5 cm³/mol. The van der Waals surface area contributed by atoms with Gasteiger partial charge < -0.3 is 14.4 Å². The first kappa shape index (κ1) is 13.5. The van der Waals surface area contributed by atoms with Crippen LogP contribution in [0.2, 0.25) is 0 Å². The highest BCUT2D eigenvalue weighted by molar-refractivity contribution is 7.89. The second-order valence-electron chi connectivity index (χ2n) is 4.51. The molecule has 1 aromatic heterocycles. The highest BCUT2D eigenvalue weighted by atomic mass is 32.2. The van der Waals surface area contributed by atoms with Gasteiger partial charge in [-0.2, -0.15) is 0 Å². The third kappa shape index (κ3) is 2.92. The summed E-state index contributed by atoms with van der Waals surface area (Å²) < 4.78 is 31.4. The smallest absolute Gasteiger partial charge is 0.274 e. The SMILES string of the molecule is CN1CCCC1CNS(=O)(=O)c1ccc(CO)o1. The second kappa shape index (κ2) is 5.40. The van der Waals surface area contributed by atoms with Crippen molar-refractivity contribution in [1.29, 1.82) is 0 Å². The van der Waals surface area contributed by atoms with Gasteiger partial charge in [0.15, 0.2) is 0 Å². The maximum absolute atomic E-state index is 11.9.